The number of benzene rings is 1. The topological polar surface area (TPSA) is 38.9 Å². The van der Waals surface area contributed by atoms with Crippen molar-refractivity contribution in [2.24, 2.45) is 5.92 Å². The van der Waals surface area contributed by atoms with Gasteiger partial charge in [-0.2, -0.15) is 0 Å². The Bertz CT molecular complexity index is 498. The summed E-state index contributed by atoms with van der Waals surface area (Å²) in [5, 5.41) is 8.27. The average molecular weight is 279 g/mol. The molecule has 102 valence electrons. The van der Waals surface area contributed by atoms with E-state index in [0.717, 1.165) is 6.42 Å². The number of hydrogen-bond donors (Lipinski definition) is 0. The van der Waals surface area contributed by atoms with Gasteiger partial charge in [-0.05, 0) is 11.5 Å². The molecule has 0 spiro atoms. The maximum absolute atomic E-state index is 5.76. The van der Waals surface area contributed by atoms with E-state index in [1.54, 1.807) is 0 Å². The predicted octanol–water partition coefficient (Wildman–Crippen LogP) is 4.03. The van der Waals surface area contributed by atoms with Gasteiger partial charge in [0.15, 0.2) is 0 Å². The highest BCUT2D eigenvalue weighted by Gasteiger charge is 2.25. The fourth-order valence-corrected chi connectivity index (χ4v) is 2.35. The summed E-state index contributed by atoms with van der Waals surface area (Å²) < 4.78 is 5.76. The molecule has 2 atom stereocenters. The molecular formula is C15H19ClN2O. The molecule has 0 aliphatic heterocycles. The molecule has 3 nitrogen and oxygen atoms in total. The zero-order valence-electron chi connectivity index (χ0n) is 11.3. The second-order valence-electron chi connectivity index (χ2n) is 4.75. The summed E-state index contributed by atoms with van der Waals surface area (Å²) in [4.78, 5) is 0. The van der Waals surface area contributed by atoms with Crippen molar-refractivity contribution in [3.63, 3.8) is 0 Å². The van der Waals surface area contributed by atoms with E-state index in [0.29, 0.717) is 30.0 Å². The number of nitrogens with zero attached hydrogens (tertiary/aromatic N) is 2. The van der Waals surface area contributed by atoms with Crippen LogP contribution >= 0.6 is 11.6 Å². The summed E-state index contributed by atoms with van der Waals surface area (Å²) in [7, 11) is 0. The molecule has 0 aliphatic carbocycles. The zero-order chi connectivity index (χ0) is 13.7. The summed E-state index contributed by atoms with van der Waals surface area (Å²) in [6, 6.07) is 10.3. The van der Waals surface area contributed by atoms with E-state index in [9.17, 15) is 0 Å². The Kier molecular flexibility index (Phi) is 4.97. The Balaban J connectivity index is 2.32. The Morgan fingerprint density at radius 2 is 1.95 bits per heavy atom. The first kappa shape index (κ1) is 14.1. The van der Waals surface area contributed by atoms with Crippen LogP contribution in [0.1, 0.15) is 43.5 Å². The Labute approximate surface area is 119 Å². The lowest BCUT2D eigenvalue weighted by atomic mass is 9.85. The average Bonchev–Trinajstić information content (AvgIpc) is 2.89. The maximum atomic E-state index is 5.76. The van der Waals surface area contributed by atoms with Gasteiger partial charge in [-0.3, -0.25) is 0 Å². The van der Waals surface area contributed by atoms with Crippen molar-refractivity contribution in [3.05, 3.63) is 47.7 Å². The number of aryl methyl sites for hydroxylation is 1. The Hall–Kier alpha value is -1.35. The molecule has 0 aliphatic rings. The lowest BCUT2D eigenvalue weighted by molar-refractivity contribution is 0.378. The zero-order valence-corrected chi connectivity index (χ0v) is 12.1. The SMILES string of the molecule is CCC(C)C(c1ccccc1)c1nnc(CCCl)o1. The van der Waals surface area contributed by atoms with Crippen molar-refractivity contribution in [1.82, 2.24) is 10.2 Å². The molecule has 1 aromatic carbocycles. The van der Waals surface area contributed by atoms with E-state index in [1.807, 2.05) is 18.2 Å². The molecule has 2 rings (SSSR count). The third-order valence-corrected chi connectivity index (χ3v) is 3.62. The lowest BCUT2D eigenvalue weighted by Gasteiger charge is -2.19. The molecule has 0 radical (unpaired) electrons. The third-order valence-electron chi connectivity index (χ3n) is 3.43. The van der Waals surface area contributed by atoms with Gasteiger partial charge in [-0.15, -0.1) is 21.8 Å². The summed E-state index contributed by atoms with van der Waals surface area (Å²) in [5.74, 6) is 2.42. The molecular weight excluding hydrogens is 260 g/mol. The van der Waals surface area contributed by atoms with Crippen molar-refractivity contribution in [3.8, 4) is 0 Å². The highest BCUT2D eigenvalue weighted by molar-refractivity contribution is 6.17. The molecule has 1 heterocycles. The number of hydrogen-bond acceptors (Lipinski definition) is 3. The summed E-state index contributed by atoms with van der Waals surface area (Å²) in [6.45, 7) is 4.39. The second kappa shape index (κ2) is 6.71. The lowest BCUT2D eigenvalue weighted by Crippen LogP contribution is -2.11. The van der Waals surface area contributed by atoms with Crippen LogP contribution in [0, 0.1) is 5.92 Å². The molecule has 2 aromatic rings. The second-order valence-corrected chi connectivity index (χ2v) is 5.12. The van der Waals surface area contributed by atoms with Crippen molar-refractivity contribution in [1.29, 1.82) is 0 Å². The largest absolute Gasteiger partial charge is 0.425 e. The molecule has 0 saturated carbocycles. The minimum absolute atomic E-state index is 0.155. The standard InChI is InChI=1S/C15H19ClN2O/c1-3-11(2)14(12-7-5-4-6-8-12)15-18-17-13(19-15)9-10-16/h4-8,11,14H,3,9-10H2,1-2H3. The Morgan fingerprint density at radius 1 is 1.21 bits per heavy atom. The van der Waals surface area contributed by atoms with Gasteiger partial charge in [0.1, 0.15) is 0 Å². The maximum Gasteiger partial charge on any atom is 0.224 e. The Morgan fingerprint density at radius 3 is 2.58 bits per heavy atom. The molecule has 0 N–H and O–H groups in total. The predicted molar refractivity (Wildman–Crippen MR) is 76.5 cm³/mol. The molecule has 4 heteroatoms. The summed E-state index contributed by atoms with van der Waals surface area (Å²) in [6.07, 6.45) is 1.68. The van der Waals surface area contributed by atoms with E-state index in [4.69, 9.17) is 16.0 Å². The van der Waals surface area contributed by atoms with E-state index in [2.05, 4.69) is 36.2 Å². The normalized spacial score (nSPS) is 14.3. The molecule has 0 saturated heterocycles. The molecule has 0 bridgehead atoms. The van der Waals surface area contributed by atoms with Crippen molar-refractivity contribution in [2.45, 2.75) is 32.6 Å². The minimum atomic E-state index is 0.155. The first-order valence-corrected chi connectivity index (χ1v) is 7.22. The smallest absolute Gasteiger partial charge is 0.224 e. The quantitative estimate of drug-likeness (QED) is 0.749. The van der Waals surface area contributed by atoms with Gasteiger partial charge < -0.3 is 4.42 Å². The van der Waals surface area contributed by atoms with Gasteiger partial charge in [0.2, 0.25) is 11.8 Å². The van der Waals surface area contributed by atoms with Gasteiger partial charge >= 0.3 is 0 Å². The number of aromatic nitrogens is 2. The highest BCUT2D eigenvalue weighted by Crippen LogP contribution is 2.32. The fourth-order valence-electron chi connectivity index (χ4n) is 2.18. The van der Waals surface area contributed by atoms with Gasteiger partial charge in [0, 0.05) is 12.3 Å². The molecule has 0 amide bonds. The van der Waals surface area contributed by atoms with Crippen molar-refractivity contribution >= 4 is 11.6 Å². The van der Waals surface area contributed by atoms with Crippen molar-refractivity contribution in [2.75, 3.05) is 5.88 Å². The first-order chi connectivity index (χ1) is 9.26. The van der Waals surface area contributed by atoms with Gasteiger partial charge in [0.05, 0.1) is 5.92 Å². The monoisotopic (exact) mass is 278 g/mol. The van der Waals surface area contributed by atoms with Crippen LogP contribution in [-0.2, 0) is 6.42 Å². The van der Waals surface area contributed by atoms with Crippen molar-refractivity contribution < 1.29 is 4.42 Å². The van der Waals surface area contributed by atoms with E-state index < -0.39 is 0 Å². The van der Waals surface area contributed by atoms with E-state index in [-0.39, 0.29) is 5.92 Å². The van der Waals surface area contributed by atoms with Crippen LogP contribution in [0.15, 0.2) is 34.7 Å². The van der Waals surface area contributed by atoms with Crippen LogP contribution in [0.3, 0.4) is 0 Å². The molecule has 2 unspecified atom stereocenters. The minimum Gasteiger partial charge on any atom is -0.425 e. The van der Waals surface area contributed by atoms with Crippen LogP contribution < -0.4 is 0 Å². The molecule has 0 fully saturated rings. The van der Waals surface area contributed by atoms with Crippen LogP contribution in [0.5, 0.6) is 0 Å². The number of alkyl halides is 1. The van der Waals surface area contributed by atoms with Crippen LogP contribution in [0.25, 0.3) is 0 Å². The summed E-state index contributed by atoms with van der Waals surface area (Å²) >= 11 is 5.70. The van der Waals surface area contributed by atoms with E-state index >= 15 is 0 Å². The molecule has 1 aromatic heterocycles. The summed E-state index contributed by atoms with van der Waals surface area (Å²) in [5.41, 5.74) is 1.22. The molecule has 19 heavy (non-hydrogen) atoms. The van der Waals surface area contributed by atoms with Gasteiger partial charge in [0.25, 0.3) is 0 Å². The van der Waals surface area contributed by atoms with Crippen LogP contribution in [0.2, 0.25) is 0 Å². The number of halogens is 1. The highest BCUT2D eigenvalue weighted by atomic mass is 35.5. The van der Waals surface area contributed by atoms with Crippen LogP contribution in [0.4, 0.5) is 0 Å². The fraction of sp³-hybridized carbons (Fsp3) is 0.467. The third kappa shape index (κ3) is 3.35. The van der Waals surface area contributed by atoms with Gasteiger partial charge in [-0.25, -0.2) is 0 Å². The first-order valence-electron chi connectivity index (χ1n) is 6.69. The van der Waals surface area contributed by atoms with E-state index in [1.165, 1.54) is 5.56 Å². The van der Waals surface area contributed by atoms with Gasteiger partial charge in [-0.1, -0.05) is 50.6 Å². The number of rotatable bonds is 6. The van der Waals surface area contributed by atoms with Crippen LogP contribution in [-0.4, -0.2) is 16.1 Å².